The third kappa shape index (κ3) is 4.70. The van der Waals surface area contributed by atoms with E-state index in [9.17, 15) is 19.7 Å². The van der Waals surface area contributed by atoms with Gasteiger partial charge in [0.25, 0.3) is 5.91 Å². The zero-order valence-corrected chi connectivity index (χ0v) is 15.3. The Labute approximate surface area is 158 Å². The van der Waals surface area contributed by atoms with Gasteiger partial charge < -0.3 is 10.1 Å². The highest BCUT2D eigenvalue weighted by molar-refractivity contribution is 6.36. The quantitative estimate of drug-likeness (QED) is 0.452. The van der Waals surface area contributed by atoms with E-state index in [0.29, 0.717) is 10.7 Å². The highest BCUT2D eigenvalue weighted by atomic mass is 35.5. The van der Waals surface area contributed by atoms with E-state index in [-0.39, 0.29) is 28.6 Å². The molecule has 0 bridgehead atoms. The Balaban J connectivity index is 1.91. The third-order valence-corrected chi connectivity index (χ3v) is 3.92. The van der Waals surface area contributed by atoms with Gasteiger partial charge >= 0.3 is 11.7 Å². The van der Waals surface area contributed by atoms with E-state index in [1.165, 1.54) is 26.0 Å². The number of carbonyl (C=O) groups excluding carboxylic acids is 2. The average molecular weight is 401 g/mol. The number of aryl methyl sites for hydroxylation is 1. The number of nitrogens with one attached hydrogen (secondary N) is 1. The second-order valence-electron chi connectivity index (χ2n) is 5.27. The summed E-state index contributed by atoms with van der Waals surface area (Å²) in [6.07, 6.45) is 0. The molecule has 1 amide bonds. The van der Waals surface area contributed by atoms with Gasteiger partial charge in [0, 0.05) is 5.02 Å². The Bertz CT molecular complexity index is 881. The molecule has 0 aliphatic rings. The van der Waals surface area contributed by atoms with Gasteiger partial charge in [-0.15, -0.1) is 0 Å². The number of hydrogen-bond acceptors (Lipinski definition) is 6. The number of halogens is 2. The normalized spacial score (nSPS) is 10.5. The minimum absolute atomic E-state index is 0.159. The highest BCUT2D eigenvalue weighted by Crippen LogP contribution is 2.25. The molecule has 0 spiro atoms. The Morgan fingerprint density at radius 3 is 2.62 bits per heavy atom. The SMILES string of the molecule is Cc1nn(CC(=O)OCC(=O)Nc2ccc(Cl)cc2Cl)c(C)c1[N+](=O)[O-]. The Morgan fingerprint density at radius 1 is 1.35 bits per heavy atom. The van der Waals surface area contributed by atoms with Gasteiger partial charge in [0.15, 0.2) is 6.61 Å². The van der Waals surface area contributed by atoms with E-state index in [1.807, 2.05) is 0 Å². The largest absolute Gasteiger partial charge is 0.454 e. The van der Waals surface area contributed by atoms with Crippen LogP contribution in [0.5, 0.6) is 0 Å². The standard InChI is InChI=1S/C15H14Cl2N4O5/c1-8-15(21(24)25)9(2)20(19-8)6-14(23)26-7-13(22)18-12-4-3-10(16)5-11(12)17/h3-5H,6-7H2,1-2H3,(H,18,22). The van der Waals surface area contributed by atoms with E-state index < -0.39 is 23.4 Å². The first-order chi connectivity index (χ1) is 12.2. The summed E-state index contributed by atoms with van der Waals surface area (Å²) in [7, 11) is 0. The van der Waals surface area contributed by atoms with Gasteiger partial charge in [0.1, 0.15) is 17.9 Å². The lowest BCUT2D eigenvalue weighted by Crippen LogP contribution is -2.23. The first kappa shape index (κ1) is 19.7. The number of nitro groups is 1. The average Bonchev–Trinajstić information content (AvgIpc) is 2.82. The van der Waals surface area contributed by atoms with Crippen molar-refractivity contribution in [2.75, 3.05) is 11.9 Å². The molecule has 0 radical (unpaired) electrons. The summed E-state index contributed by atoms with van der Waals surface area (Å²) >= 11 is 11.7. The van der Waals surface area contributed by atoms with Gasteiger partial charge in [-0.2, -0.15) is 5.10 Å². The maximum absolute atomic E-state index is 11.8. The van der Waals surface area contributed by atoms with Gasteiger partial charge in [-0.05, 0) is 32.0 Å². The maximum atomic E-state index is 11.8. The molecule has 11 heteroatoms. The van der Waals surface area contributed by atoms with Crippen LogP contribution in [-0.4, -0.2) is 33.2 Å². The van der Waals surface area contributed by atoms with Gasteiger partial charge in [-0.3, -0.25) is 24.4 Å². The number of rotatable bonds is 6. The number of benzene rings is 1. The molecule has 26 heavy (non-hydrogen) atoms. The number of ether oxygens (including phenoxy) is 1. The van der Waals surface area contributed by atoms with Crippen LogP contribution >= 0.6 is 23.2 Å². The minimum atomic E-state index is -0.761. The van der Waals surface area contributed by atoms with Crippen molar-refractivity contribution < 1.29 is 19.2 Å². The fourth-order valence-corrected chi connectivity index (χ4v) is 2.65. The van der Waals surface area contributed by atoms with Crippen molar-refractivity contribution >= 4 is 46.5 Å². The summed E-state index contributed by atoms with van der Waals surface area (Å²) in [5, 5.41) is 18.0. The molecule has 0 saturated carbocycles. The summed E-state index contributed by atoms with van der Waals surface area (Å²) < 4.78 is 6.01. The maximum Gasteiger partial charge on any atom is 0.328 e. The summed E-state index contributed by atoms with van der Waals surface area (Å²) in [6, 6.07) is 4.52. The molecule has 0 unspecified atom stereocenters. The van der Waals surface area contributed by atoms with E-state index >= 15 is 0 Å². The lowest BCUT2D eigenvalue weighted by molar-refractivity contribution is -0.386. The number of carbonyl (C=O) groups is 2. The molecule has 1 aromatic heterocycles. The van der Waals surface area contributed by atoms with Crippen molar-refractivity contribution in [1.82, 2.24) is 9.78 Å². The summed E-state index contributed by atoms with van der Waals surface area (Å²) in [5.74, 6) is -1.36. The van der Waals surface area contributed by atoms with Crippen molar-refractivity contribution in [1.29, 1.82) is 0 Å². The fraction of sp³-hybridized carbons (Fsp3) is 0.267. The molecule has 9 nitrogen and oxygen atoms in total. The first-order valence-electron chi connectivity index (χ1n) is 7.28. The van der Waals surface area contributed by atoms with Gasteiger partial charge in [-0.1, -0.05) is 23.2 Å². The van der Waals surface area contributed by atoms with Gasteiger partial charge in [0.05, 0.1) is 15.6 Å². The molecule has 1 heterocycles. The molecule has 138 valence electrons. The first-order valence-corrected chi connectivity index (χ1v) is 8.03. The van der Waals surface area contributed by atoms with Crippen molar-refractivity contribution in [3.8, 4) is 0 Å². The summed E-state index contributed by atoms with van der Waals surface area (Å²) in [4.78, 5) is 34.1. The summed E-state index contributed by atoms with van der Waals surface area (Å²) in [5.41, 5.74) is 0.580. The van der Waals surface area contributed by atoms with E-state index in [2.05, 4.69) is 10.4 Å². The van der Waals surface area contributed by atoms with E-state index in [0.717, 1.165) is 4.68 Å². The van der Waals surface area contributed by atoms with Crippen LogP contribution in [0.25, 0.3) is 0 Å². The minimum Gasteiger partial charge on any atom is -0.454 e. The van der Waals surface area contributed by atoms with Crippen LogP contribution in [0.3, 0.4) is 0 Å². The fourth-order valence-electron chi connectivity index (χ4n) is 2.20. The van der Waals surface area contributed by atoms with Gasteiger partial charge in [-0.25, -0.2) is 0 Å². The van der Waals surface area contributed by atoms with Crippen LogP contribution in [0.4, 0.5) is 11.4 Å². The van der Waals surface area contributed by atoms with Crippen molar-refractivity contribution in [3.63, 3.8) is 0 Å². The molecular formula is C15H14Cl2N4O5. The zero-order chi connectivity index (χ0) is 19.4. The number of nitrogens with zero attached hydrogens (tertiary/aromatic N) is 3. The predicted octanol–water partition coefficient (Wildman–Crippen LogP) is 2.90. The lowest BCUT2D eigenvalue weighted by atomic mass is 10.3. The molecule has 0 aliphatic carbocycles. The molecule has 0 atom stereocenters. The lowest BCUT2D eigenvalue weighted by Gasteiger charge is -2.08. The van der Waals surface area contributed by atoms with Crippen LogP contribution < -0.4 is 5.32 Å². The predicted molar refractivity (Wildman–Crippen MR) is 94.4 cm³/mol. The zero-order valence-electron chi connectivity index (χ0n) is 13.8. The molecular weight excluding hydrogens is 387 g/mol. The third-order valence-electron chi connectivity index (χ3n) is 3.37. The number of aromatic nitrogens is 2. The van der Waals surface area contributed by atoms with Crippen LogP contribution in [-0.2, 0) is 20.9 Å². The monoisotopic (exact) mass is 400 g/mol. The number of anilines is 1. The molecule has 0 saturated heterocycles. The molecule has 2 rings (SSSR count). The Kier molecular flexibility index (Phi) is 6.17. The van der Waals surface area contributed by atoms with Crippen LogP contribution in [0, 0.1) is 24.0 Å². The van der Waals surface area contributed by atoms with Crippen LogP contribution in [0.15, 0.2) is 18.2 Å². The van der Waals surface area contributed by atoms with Gasteiger partial charge in [0.2, 0.25) is 0 Å². The smallest absolute Gasteiger partial charge is 0.328 e. The number of amides is 1. The number of esters is 1. The molecule has 0 fully saturated rings. The van der Waals surface area contributed by atoms with Crippen LogP contribution in [0.2, 0.25) is 10.0 Å². The second kappa shape index (κ2) is 8.15. The van der Waals surface area contributed by atoms with E-state index in [1.54, 1.807) is 6.07 Å². The molecule has 0 aliphatic heterocycles. The summed E-state index contributed by atoms with van der Waals surface area (Å²) in [6.45, 7) is 2.05. The topological polar surface area (TPSA) is 116 Å². The van der Waals surface area contributed by atoms with Crippen molar-refractivity contribution in [3.05, 3.63) is 49.7 Å². The van der Waals surface area contributed by atoms with E-state index in [4.69, 9.17) is 27.9 Å². The van der Waals surface area contributed by atoms with Crippen LogP contribution in [0.1, 0.15) is 11.4 Å². The highest BCUT2D eigenvalue weighted by Gasteiger charge is 2.23. The second-order valence-corrected chi connectivity index (χ2v) is 6.11. The van der Waals surface area contributed by atoms with Crippen molar-refractivity contribution in [2.45, 2.75) is 20.4 Å². The molecule has 1 N–H and O–H groups in total. The molecule has 1 aromatic carbocycles. The Morgan fingerprint density at radius 2 is 2.04 bits per heavy atom. The molecule has 2 aromatic rings. The Hall–Kier alpha value is -2.65. The van der Waals surface area contributed by atoms with Crippen molar-refractivity contribution in [2.24, 2.45) is 0 Å². The number of hydrogen-bond donors (Lipinski definition) is 1.